The molecule has 0 spiro atoms. The van der Waals surface area contributed by atoms with Crippen LogP contribution in [0.1, 0.15) is 5.56 Å². The molecule has 3 N–H and O–H groups in total. The number of aromatic amines is 1. The van der Waals surface area contributed by atoms with E-state index in [0.717, 1.165) is 5.56 Å². The van der Waals surface area contributed by atoms with Crippen molar-refractivity contribution < 1.29 is 9.84 Å². The van der Waals surface area contributed by atoms with Gasteiger partial charge in [0.25, 0.3) is 5.56 Å². The summed E-state index contributed by atoms with van der Waals surface area (Å²) in [7, 11) is 1.49. The maximum atomic E-state index is 12.6. The zero-order valence-corrected chi connectivity index (χ0v) is 19.5. The van der Waals surface area contributed by atoms with Crippen molar-refractivity contribution in [2.75, 3.05) is 12.0 Å². The molecule has 0 radical (unpaired) electrons. The lowest BCUT2D eigenvalue weighted by Crippen LogP contribution is -2.30. The highest BCUT2D eigenvalue weighted by Gasteiger charge is 2.19. The van der Waals surface area contributed by atoms with Crippen molar-refractivity contribution in [3.8, 4) is 5.75 Å². The smallest absolute Gasteiger partial charge is 0.329 e. The van der Waals surface area contributed by atoms with Gasteiger partial charge in [0, 0.05) is 18.3 Å². The molecule has 0 aliphatic carbocycles. The third kappa shape index (κ3) is 5.86. The highest BCUT2D eigenvalue weighted by molar-refractivity contribution is 6.30. The summed E-state index contributed by atoms with van der Waals surface area (Å²) in [6.07, 6.45) is 4.15. The van der Waals surface area contributed by atoms with Crippen molar-refractivity contribution in [2.24, 2.45) is 12.1 Å². The number of fused-ring (bicyclic) bond motifs is 1. The van der Waals surface area contributed by atoms with Crippen LogP contribution in [0.5, 0.6) is 5.75 Å². The van der Waals surface area contributed by atoms with E-state index in [1.54, 1.807) is 30.3 Å². The van der Waals surface area contributed by atoms with Gasteiger partial charge in [-0.3, -0.25) is 14.3 Å². The number of allylic oxidation sites excluding steroid dienone is 1. The van der Waals surface area contributed by atoms with Crippen LogP contribution in [0, 0.1) is 0 Å². The first-order valence-corrected chi connectivity index (χ1v) is 11.1. The summed E-state index contributed by atoms with van der Waals surface area (Å²) in [5.41, 5.74) is 2.85. The van der Waals surface area contributed by atoms with Gasteiger partial charge in [0.2, 0.25) is 5.95 Å². The number of aliphatic hydroxyl groups excluding tert-OH is 1. The fourth-order valence-corrected chi connectivity index (χ4v) is 3.47. The lowest BCUT2D eigenvalue weighted by molar-refractivity contribution is 0.0938. The van der Waals surface area contributed by atoms with Crippen LogP contribution in [0.3, 0.4) is 0 Å². The van der Waals surface area contributed by atoms with Crippen LogP contribution in [-0.2, 0) is 13.6 Å². The van der Waals surface area contributed by atoms with Gasteiger partial charge in [0.05, 0.1) is 6.54 Å². The van der Waals surface area contributed by atoms with Crippen molar-refractivity contribution in [1.29, 1.82) is 0 Å². The molecular weight excluding hydrogens is 472 g/mol. The second kappa shape index (κ2) is 10.9. The number of aryl methyl sites for hydroxylation is 1. The molecule has 2 aromatic heterocycles. The van der Waals surface area contributed by atoms with Gasteiger partial charge in [0.15, 0.2) is 11.2 Å². The zero-order valence-electron chi connectivity index (χ0n) is 18.8. The molecule has 10 nitrogen and oxygen atoms in total. The van der Waals surface area contributed by atoms with E-state index in [0.29, 0.717) is 10.8 Å². The average molecular weight is 495 g/mol. The molecule has 1 unspecified atom stereocenters. The lowest BCUT2D eigenvalue weighted by Gasteiger charge is -2.15. The van der Waals surface area contributed by atoms with Gasteiger partial charge >= 0.3 is 5.69 Å². The first-order chi connectivity index (χ1) is 16.9. The molecule has 35 heavy (non-hydrogen) atoms. The number of rotatable bonds is 9. The topological polar surface area (TPSA) is 127 Å². The number of nitrogens with one attached hydrogen (secondary N) is 2. The van der Waals surface area contributed by atoms with Crippen molar-refractivity contribution in [3.05, 3.63) is 92.1 Å². The van der Waals surface area contributed by atoms with Crippen LogP contribution in [0.4, 0.5) is 5.95 Å². The number of hydrazone groups is 1. The van der Waals surface area contributed by atoms with Crippen LogP contribution in [-0.4, -0.2) is 43.1 Å². The Kier molecular flexibility index (Phi) is 7.44. The molecule has 4 aromatic rings. The van der Waals surface area contributed by atoms with Gasteiger partial charge in [0.1, 0.15) is 18.5 Å². The SMILES string of the molecule is Cn1c(=O)[nH]c(=O)c2c1nc(N/N=C/C=C/c1ccccc1)n2CC(O)COc1ccc(Cl)cc1. The molecule has 0 fully saturated rings. The van der Waals surface area contributed by atoms with Crippen molar-refractivity contribution in [3.63, 3.8) is 0 Å². The Hall–Kier alpha value is -4.15. The summed E-state index contributed by atoms with van der Waals surface area (Å²) in [5.74, 6) is 0.721. The summed E-state index contributed by atoms with van der Waals surface area (Å²) in [4.78, 5) is 31.2. The second-order valence-electron chi connectivity index (χ2n) is 7.62. The van der Waals surface area contributed by atoms with Crippen LogP contribution in [0.25, 0.3) is 17.2 Å². The third-order valence-electron chi connectivity index (χ3n) is 5.07. The minimum absolute atomic E-state index is 0.0386. The Morgan fingerprint density at radius 2 is 1.94 bits per heavy atom. The number of aliphatic hydroxyl groups is 1. The number of hydrogen-bond acceptors (Lipinski definition) is 7. The number of hydrogen-bond donors (Lipinski definition) is 3. The molecular formula is C24H23ClN6O4. The van der Waals surface area contributed by atoms with Gasteiger partial charge < -0.3 is 14.4 Å². The average Bonchev–Trinajstić information content (AvgIpc) is 3.21. The number of benzene rings is 2. The Morgan fingerprint density at radius 3 is 2.69 bits per heavy atom. The molecule has 0 amide bonds. The number of anilines is 1. The Morgan fingerprint density at radius 1 is 1.20 bits per heavy atom. The van der Waals surface area contributed by atoms with E-state index in [1.165, 1.54) is 22.4 Å². The lowest BCUT2D eigenvalue weighted by atomic mass is 10.2. The van der Waals surface area contributed by atoms with E-state index >= 15 is 0 Å². The maximum Gasteiger partial charge on any atom is 0.329 e. The fourth-order valence-electron chi connectivity index (χ4n) is 3.34. The van der Waals surface area contributed by atoms with Crippen molar-refractivity contribution in [2.45, 2.75) is 12.6 Å². The molecule has 0 aliphatic rings. The maximum absolute atomic E-state index is 12.6. The monoisotopic (exact) mass is 494 g/mol. The van der Waals surface area contributed by atoms with Gasteiger partial charge in [-0.15, -0.1) is 0 Å². The standard InChI is InChI=1S/C24H23ClN6O4/c1-30-21-20(22(33)28-24(30)34)31(14-18(32)15-35-19-11-9-17(25)10-12-19)23(27-21)29-26-13-5-8-16-6-3-2-4-7-16/h2-13,18,32H,14-15H2,1H3,(H,27,29)(H,28,33,34)/b8-5+,26-13+. The van der Waals surface area contributed by atoms with E-state index in [2.05, 4.69) is 20.5 Å². The normalized spacial score (nSPS) is 12.5. The van der Waals surface area contributed by atoms with E-state index in [4.69, 9.17) is 16.3 Å². The Labute approximate surface area is 204 Å². The fraction of sp³-hybridized carbons (Fsp3) is 0.167. The first kappa shape index (κ1) is 24.0. The summed E-state index contributed by atoms with van der Waals surface area (Å²) in [6, 6.07) is 16.4. The number of aromatic nitrogens is 4. The quantitative estimate of drug-likeness (QED) is 0.242. The summed E-state index contributed by atoms with van der Waals surface area (Å²) in [6.45, 7) is -0.0867. The molecule has 0 bridgehead atoms. The number of halogens is 1. The minimum Gasteiger partial charge on any atom is -0.491 e. The largest absolute Gasteiger partial charge is 0.491 e. The van der Waals surface area contributed by atoms with Crippen LogP contribution < -0.4 is 21.4 Å². The number of imidazole rings is 1. The van der Waals surface area contributed by atoms with E-state index in [9.17, 15) is 14.7 Å². The summed E-state index contributed by atoms with van der Waals surface area (Å²) < 4.78 is 8.29. The molecule has 180 valence electrons. The van der Waals surface area contributed by atoms with Gasteiger partial charge in [-0.2, -0.15) is 10.1 Å². The highest BCUT2D eigenvalue weighted by Crippen LogP contribution is 2.18. The molecule has 11 heteroatoms. The van der Waals surface area contributed by atoms with E-state index in [-0.39, 0.29) is 30.3 Å². The summed E-state index contributed by atoms with van der Waals surface area (Å²) in [5, 5.41) is 15.3. The Balaban J connectivity index is 1.55. The van der Waals surface area contributed by atoms with Crippen molar-refractivity contribution >= 4 is 41.0 Å². The Bertz CT molecular complexity index is 1470. The molecule has 1 atom stereocenters. The third-order valence-corrected chi connectivity index (χ3v) is 5.32. The highest BCUT2D eigenvalue weighted by atomic mass is 35.5. The molecule has 0 saturated carbocycles. The van der Waals surface area contributed by atoms with E-state index < -0.39 is 17.4 Å². The van der Waals surface area contributed by atoms with Crippen LogP contribution in [0.2, 0.25) is 5.02 Å². The second-order valence-corrected chi connectivity index (χ2v) is 8.05. The predicted octanol–water partition coefficient (Wildman–Crippen LogP) is 2.63. The molecule has 2 heterocycles. The number of ether oxygens (including phenoxy) is 1. The first-order valence-electron chi connectivity index (χ1n) is 10.7. The number of H-pyrrole nitrogens is 1. The number of nitrogens with zero attached hydrogens (tertiary/aromatic N) is 4. The van der Waals surface area contributed by atoms with Gasteiger partial charge in [-0.25, -0.2) is 10.2 Å². The zero-order chi connectivity index (χ0) is 24.8. The molecule has 4 rings (SSSR count). The molecule has 2 aromatic carbocycles. The van der Waals surface area contributed by atoms with Crippen molar-refractivity contribution in [1.82, 2.24) is 19.1 Å². The van der Waals surface area contributed by atoms with E-state index in [1.807, 2.05) is 36.4 Å². The molecule has 0 saturated heterocycles. The van der Waals surface area contributed by atoms with Gasteiger partial charge in [-0.05, 0) is 35.9 Å². The van der Waals surface area contributed by atoms with Crippen LogP contribution >= 0.6 is 11.6 Å². The van der Waals surface area contributed by atoms with Crippen LogP contribution in [0.15, 0.2) is 75.4 Å². The predicted molar refractivity (Wildman–Crippen MR) is 136 cm³/mol. The summed E-state index contributed by atoms with van der Waals surface area (Å²) >= 11 is 5.88. The van der Waals surface area contributed by atoms with Gasteiger partial charge in [-0.1, -0.05) is 48.0 Å². The molecule has 0 aliphatic heterocycles. The minimum atomic E-state index is -0.998.